The van der Waals surface area contributed by atoms with E-state index in [-0.39, 0.29) is 11.7 Å². The van der Waals surface area contributed by atoms with Crippen molar-refractivity contribution < 1.29 is 4.79 Å². The molecule has 0 saturated heterocycles. The van der Waals surface area contributed by atoms with E-state index in [9.17, 15) is 10.1 Å². The first-order valence-corrected chi connectivity index (χ1v) is 11.4. The molecule has 2 heterocycles. The summed E-state index contributed by atoms with van der Waals surface area (Å²) < 4.78 is 1.96. The highest BCUT2D eigenvalue weighted by molar-refractivity contribution is 7.99. The maximum atomic E-state index is 12.7. The molecule has 0 unspecified atom stereocenters. The van der Waals surface area contributed by atoms with E-state index in [0.717, 1.165) is 36.1 Å². The van der Waals surface area contributed by atoms with Crippen LogP contribution in [0.15, 0.2) is 53.9 Å². The number of amides is 1. The SMILES string of the molecule is Cc1ccccc1-n1c(SCC(=O)NC2(C#N)CCCCC2)nnc1-c1cccnc1. The lowest BCUT2D eigenvalue weighted by molar-refractivity contribution is -0.120. The molecule has 0 aliphatic heterocycles. The monoisotopic (exact) mass is 432 g/mol. The zero-order valence-corrected chi connectivity index (χ0v) is 18.2. The molecule has 1 saturated carbocycles. The third-order valence-electron chi connectivity index (χ3n) is 5.54. The molecule has 1 N–H and O–H groups in total. The molecule has 1 aliphatic carbocycles. The number of nitriles is 1. The van der Waals surface area contributed by atoms with Crippen molar-refractivity contribution in [2.75, 3.05) is 5.75 Å². The largest absolute Gasteiger partial charge is 0.337 e. The van der Waals surface area contributed by atoms with Gasteiger partial charge >= 0.3 is 0 Å². The number of carbonyl (C=O) groups excluding carboxylic acids is 1. The molecule has 1 amide bonds. The van der Waals surface area contributed by atoms with Crippen molar-refractivity contribution >= 4 is 17.7 Å². The van der Waals surface area contributed by atoms with Crippen molar-refractivity contribution in [2.45, 2.75) is 49.7 Å². The number of nitrogens with one attached hydrogen (secondary N) is 1. The Morgan fingerprint density at radius 3 is 2.71 bits per heavy atom. The van der Waals surface area contributed by atoms with Crippen LogP contribution in [0.3, 0.4) is 0 Å². The zero-order chi connectivity index (χ0) is 21.7. The average Bonchev–Trinajstić information content (AvgIpc) is 3.23. The number of aromatic nitrogens is 4. The lowest BCUT2D eigenvalue weighted by Crippen LogP contribution is -2.49. The Balaban J connectivity index is 1.59. The Morgan fingerprint density at radius 1 is 1.19 bits per heavy atom. The molecule has 0 atom stereocenters. The van der Waals surface area contributed by atoms with Crippen LogP contribution in [0.2, 0.25) is 0 Å². The predicted octanol–water partition coefficient (Wildman–Crippen LogP) is 4.07. The number of thioether (sulfide) groups is 1. The average molecular weight is 433 g/mol. The molecule has 1 aromatic carbocycles. The number of para-hydroxylation sites is 1. The van der Waals surface area contributed by atoms with E-state index >= 15 is 0 Å². The topological polar surface area (TPSA) is 96.5 Å². The minimum absolute atomic E-state index is 0.157. The van der Waals surface area contributed by atoms with Gasteiger partial charge < -0.3 is 5.32 Å². The second-order valence-electron chi connectivity index (χ2n) is 7.76. The summed E-state index contributed by atoms with van der Waals surface area (Å²) in [6.45, 7) is 2.03. The fraction of sp³-hybridized carbons (Fsp3) is 0.348. The van der Waals surface area contributed by atoms with Crippen molar-refractivity contribution in [1.82, 2.24) is 25.1 Å². The van der Waals surface area contributed by atoms with Gasteiger partial charge in [-0.1, -0.05) is 49.2 Å². The molecule has 0 bridgehead atoms. The van der Waals surface area contributed by atoms with Gasteiger partial charge in [-0.25, -0.2) is 0 Å². The third kappa shape index (κ3) is 4.62. The summed E-state index contributed by atoms with van der Waals surface area (Å²) in [6.07, 6.45) is 7.95. The summed E-state index contributed by atoms with van der Waals surface area (Å²) in [5.74, 6) is 0.683. The minimum atomic E-state index is -0.736. The van der Waals surface area contributed by atoms with Gasteiger partial charge in [-0.2, -0.15) is 5.26 Å². The van der Waals surface area contributed by atoms with Crippen molar-refractivity contribution in [1.29, 1.82) is 5.26 Å². The molecule has 1 aliphatic rings. The van der Waals surface area contributed by atoms with Crippen LogP contribution < -0.4 is 5.32 Å². The number of aryl methyl sites for hydroxylation is 1. The molecule has 4 rings (SSSR count). The Bertz CT molecular complexity index is 1100. The summed E-state index contributed by atoms with van der Waals surface area (Å²) in [4.78, 5) is 16.9. The Kier molecular flexibility index (Phi) is 6.33. The molecule has 0 radical (unpaired) electrons. The van der Waals surface area contributed by atoms with E-state index in [1.165, 1.54) is 11.8 Å². The van der Waals surface area contributed by atoms with Gasteiger partial charge in [0.2, 0.25) is 5.91 Å². The normalized spacial score (nSPS) is 15.2. The summed E-state index contributed by atoms with van der Waals surface area (Å²) in [5.41, 5.74) is 2.14. The highest BCUT2D eigenvalue weighted by Crippen LogP contribution is 2.30. The van der Waals surface area contributed by atoms with Crippen molar-refractivity contribution in [3.63, 3.8) is 0 Å². The van der Waals surface area contributed by atoms with Crippen LogP contribution in [-0.2, 0) is 4.79 Å². The zero-order valence-electron chi connectivity index (χ0n) is 17.4. The first-order valence-electron chi connectivity index (χ1n) is 10.4. The molecular formula is C23H24N6OS. The second-order valence-corrected chi connectivity index (χ2v) is 8.70. The third-order valence-corrected chi connectivity index (χ3v) is 6.47. The lowest BCUT2D eigenvalue weighted by atomic mass is 9.83. The van der Waals surface area contributed by atoms with Gasteiger partial charge in [0.25, 0.3) is 0 Å². The van der Waals surface area contributed by atoms with Gasteiger partial charge in [0.15, 0.2) is 11.0 Å². The number of rotatable bonds is 6. The van der Waals surface area contributed by atoms with E-state index in [1.54, 1.807) is 12.4 Å². The van der Waals surface area contributed by atoms with Gasteiger partial charge in [-0.3, -0.25) is 14.3 Å². The van der Waals surface area contributed by atoms with Crippen molar-refractivity contribution in [3.8, 4) is 23.1 Å². The molecule has 3 aromatic rings. The maximum absolute atomic E-state index is 12.7. The van der Waals surface area contributed by atoms with Crippen LogP contribution >= 0.6 is 11.8 Å². The molecule has 158 valence electrons. The van der Waals surface area contributed by atoms with E-state index < -0.39 is 5.54 Å². The fourth-order valence-electron chi connectivity index (χ4n) is 3.93. The number of hydrogen-bond donors (Lipinski definition) is 1. The van der Waals surface area contributed by atoms with Crippen LogP contribution in [0.1, 0.15) is 37.7 Å². The number of carbonyl (C=O) groups is 1. The van der Waals surface area contributed by atoms with Crippen LogP contribution in [0.4, 0.5) is 0 Å². The van der Waals surface area contributed by atoms with Crippen LogP contribution in [0.25, 0.3) is 17.1 Å². The van der Waals surface area contributed by atoms with Gasteiger partial charge in [-0.15, -0.1) is 10.2 Å². The minimum Gasteiger partial charge on any atom is -0.337 e. The van der Waals surface area contributed by atoms with Crippen molar-refractivity contribution in [2.24, 2.45) is 0 Å². The molecular weight excluding hydrogens is 408 g/mol. The van der Waals surface area contributed by atoms with E-state index in [0.29, 0.717) is 23.8 Å². The van der Waals surface area contributed by atoms with Gasteiger partial charge in [0.05, 0.1) is 17.5 Å². The highest BCUT2D eigenvalue weighted by atomic mass is 32.2. The molecule has 8 heteroatoms. The molecule has 2 aromatic heterocycles. The molecule has 0 spiro atoms. The predicted molar refractivity (Wildman–Crippen MR) is 120 cm³/mol. The lowest BCUT2D eigenvalue weighted by Gasteiger charge is -2.31. The first-order chi connectivity index (χ1) is 15.1. The Morgan fingerprint density at radius 2 is 2.00 bits per heavy atom. The fourth-order valence-corrected chi connectivity index (χ4v) is 4.67. The maximum Gasteiger partial charge on any atom is 0.231 e. The highest BCUT2D eigenvalue weighted by Gasteiger charge is 2.33. The smallest absolute Gasteiger partial charge is 0.231 e. The number of benzene rings is 1. The van der Waals surface area contributed by atoms with Crippen molar-refractivity contribution in [3.05, 3.63) is 54.4 Å². The van der Waals surface area contributed by atoms with Gasteiger partial charge in [0.1, 0.15) is 5.54 Å². The number of nitrogens with zero attached hydrogens (tertiary/aromatic N) is 5. The molecule has 31 heavy (non-hydrogen) atoms. The second kappa shape index (κ2) is 9.31. The van der Waals surface area contributed by atoms with E-state index in [4.69, 9.17) is 0 Å². The number of hydrogen-bond acceptors (Lipinski definition) is 6. The van der Waals surface area contributed by atoms with Gasteiger partial charge in [0, 0.05) is 18.0 Å². The van der Waals surface area contributed by atoms with Crippen LogP contribution in [-0.4, -0.2) is 36.9 Å². The quantitative estimate of drug-likeness (QED) is 0.590. The van der Waals surface area contributed by atoms with Crippen LogP contribution in [0, 0.1) is 18.3 Å². The molecule has 7 nitrogen and oxygen atoms in total. The Labute approximate surface area is 185 Å². The van der Waals surface area contributed by atoms with E-state index in [2.05, 4.69) is 26.6 Å². The summed E-state index contributed by atoms with van der Waals surface area (Å²) >= 11 is 1.32. The Hall–Kier alpha value is -3.18. The first kappa shape index (κ1) is 21.1. The van der Waals surface area contributed by atoms with Gasteiger partial charge in [-0.05, 0) is 43.5 Å². The molecule has 1 fully saturated rings. The summed E-state index contributed by atoms with van der Waals surface area (Å²) in [7, 11) is 0. The van der Waals surface area contributed by atoms with E-state index in [1.807, 2.05) is 47.9 Å². The summed E-state index contributed by atoms with van der Waals surface area (Å²) in [6, 6.07) is 14.1. The number of pyridine rings is 1. The standard InChI is InChI=1S/C23H24N6OS/c1-17-8-3-4-10-19(17)29-21(18-9-7-13-25-14-18)27-28-22(29)31-15-20(30)26-23(16-24)11-5-2-6-12-23/h3-4,7-10,13-14H,2,5-6,11-12,15H2,1H3,(H,26,30). The van der Waals surface area contributed by atoms with Crippen LogP contribution in [0.5, 0.6) is 0 Å². The summed E-state index contributed by atoms with van der Waals surface area (Å²) in [5, 5.41) is 22.0.